The molecule has 0 saturated carbocycles. The summed E-state index contributed by atoms with van der Waals surface area (Å²) in [4.78, 5) is 13.8. The highest BCUT2D eigenvalue weighted by Crippen LogP contribution is 2.22. The topological polar surface area (TPSA) is 32.3 Å². The van der Waals surface area contributed by atoms with E-state index in [2.05, 4.69) is 5.32 Å². The van der Waals surface area contributed by atoms with Gasteiger partial charge in [0.2, 0.25) is 0 Å². The molecule has 1 unspecified atom stereocenters. The van der Waals surface area contributed by atoms with Crippen LogP contribution in [0, 0.1) is 5.82 Å². The second-order valence-corrected chi connectivity index (χ2v) is 4.50. The molecule has 1 heterocycles. The molecule has 0 aliphatic carbocycles. The molecule has 1 aliphatic heterocycles. The average Bonchev–Trinajstić information content (AvgIpc) is 2.80. The summed E-state index contributed by atoms with van der Waals surface area (Å²) in [5.41, 5.74) is 0.239. The van der Waals surface area contributed by atoms with Gasteiger partial charge in [-0.2, -0.15) is 0 Å². The van der Waals surface area contributed by atoms with E-state index in [0.717, 1.165) is 6.42 Å². The van der Waals surface area contributed by atoms with Crippen molar-refractivity contribution in [3.63, 3.8) is 0 Å². The summed E-state index contributed by atoms with van der Waals surface area (Å²) in [5, 5.41) is 3.03. The predicted octanol–water partition coefficient (Wildman–Crippen LogP) is 2.33. The second kappa shape index (κ2) is 6.36. The standard InChI is InChI=1S/C12H14ClFN2O.ClH/c1-15-8-5-6-16(7-8)12(17)9-3-2-4-10(14)11(9)13;/h2-4,8,15H,5-7H2,1H3;1H. The van der Waals surface area contributed by atoms with Crippen LogP contribution < -0.4 is 5.32 Å². The molecular formula is C12H15Cl2FN2O. The van der Waals surface area contributed by atoms with E-state index in [9.17, 15) is 9.18 Å². The van der Waals surface area contributed by atoms with E-state index in [0.29, 0.717) is 19.1 Å². The molecule has 1 aromatic carbocycles. The molecule has 1 N–H and O–H groups in total. The molecule has 0 spiro atoms. The minimum Gasteiger partial charge on any atom is -0.337 e. The Hall–Kier alpha value is -0.840. The number of nitrogens with one attached hydrogen (secondary N) is 1. The number of carbonyl (C=O) groups is 1. The smallest absolute Gasteiger partial charge is 0.255 e. The quantitative estimate of drug-likeness (QED) is 0.907. The number of likely N-dealkylation sites (tertiary alicyclic amines) is 1. The summed E-state index contributed by atoms with van der Waals surface area (Å²) in [6.45, 7) is 1.32. The number of hydrogen-bond donors (Lipinski definition) is 1. The van der Waals surface area contributed by atoms with E-state index in [1.807, 2.05) is 7.05 Å². The summed E-state index contributed by atoms with van der Waals surface area (Å²) in [5.74, 6) is -0.755. The molecule has 1 aliphatic rings. The maximum absolute atomic E-state index is 13.3. The first kappa shape index (κ1) is 15.2. The maximum atomic E-state index is 13.3. The zero-order valence-corrected chi connectivity index (χ0v) is 11.5. The summed E-state index contributed by atoms with van der Waals surface area (Å²) in [6.07, 6.45) is 0.912. The van der Waals surface area contributed by atoms with Gasteiger partial charge in [-0.3, -0.25) is 4.79 Å². The number of halogens is 3. The third kappa shape index (κ3) is 2.94. The van der Waals surface area contributed by atoms with Gasteiger partial charge in [-0.1, -0.05) is 17.7 Å². The molecule has 1 fully saturated rings. The molecule has 1 saturated heterocycles. The third-order valence-electron chi connectivity index (χ3n) is 3.07. The van der Waals surface area contributed by atoms with Gasteiger partial charge in [0.25, 0.3) is 5.91 Å². The molecule has 1 amide bonds. The minimum absolute atomic E-state index is 0. The van der Waals surface area contributed by atoms with Gasteiger partial charge < -0.3 is 10.2 Å². The predicted molar refractivity (Wildman–Crippen MR) is 72.0 cm³/mol. The zero-order chi connectivity index (χ0) is 12.4. The number of hydrogen-bond acceptors (Lipinski definition) is 2. The maximum Gasteiger partial charge on any atom is 0.255 e. The molecule has 0 radical (unpaired) electrons. The first-order chi connectivity index (χ1) is 8.13. The molecule has 18 heavy (non-hydrogen) atoms. The van der Waals surface area contributed by atoms with Crippen molar-refractivity contribution < 1.29 is 9.18 Å². The first-order valence-corrected chi connectivity index (χ1v) is 5.92. The Labute approximate surface area is 117 Å². The van der Waals surface area contributed by atoms with E-state index in [-0.39, 0.29) is 28.9 Å². The summed E-state index contributed by atoms with van der Waals surface area (Å²) >= 11 is 5.80. The highest BCUT2D eigenvalue weighted by Gasteiger charge is 2.27. The highest BCUT2D eigenvalue weighted by atomic mass is 35.5. The van der Waals surface area contributed by atoms with Crippen molar-refractivity contribution in [2.24, 2.45) is 0 Å². The lowest BCUT2D eigenvalue weighted by atomic mass is 10.2. The number of likely N-dealkylation sites (N-methyl/N-ethyl adjacent to an activating group) is 1. The molecule has 100 valence electrons. The van der Waals surface area contributed by atoms with E-state index in [1.54, 1.807) is 11.0 Å². The van der Waals surface area contributed by atoms with Crippen LogP contribution >= 0.6 is 24.0 Å². The van der Waals surface area contributed by atoms with Gasteiger partial charge in [0.1, 0.15) is 5.82 Å². The Kier molecular flexibility index (Phi) is 5.38. The van der Waals surface area contributed by atoms with Gasteiger partial charge in [0.15, 0.2) is 0 Å². The number of amides is 1. The Morgan fingerprint density at radius 2 is 2.28 bits per heavy atom. The SMILES string of the molecule is CNC1CCN(C(=O)c2cccc(F)c2Cl)C1.Cl. The lowest BCUT2D eigenvalue weighted by molar-refractivity contribution is 0.0789. The van der Waals surface area contributed by atoms with Crippen LogP contribution in [0.1, 0.15) is 16.8 Å². The van der Waals surface area contributed by atoms with Gasteiger partial charge >= 0.3 is 0 Å². The molecule has 0 bridgehead atoms. The number of benzene rings is 1. The molecule has 0 aromatic heterocycles. The molecule has 6 heteroatoms. The van der Waals surface area contributed by atoms with Crippen molar-refractivity contribution in [3.8, 4) is 0 Å². The van der Waals surface area contributed by atoms with E-state index in [1.165, 1.54) is 12.1 Å². The summed E-state index contributed by atoms with van der Waals surface area (Å²) in [7, 11) is 1.87. The fourth-order valence-corrected chi connectivity index (χ4v) is 2.23. The van der Waals surface area contributed by atoms with E-state index in [4.69, 9.17) is 11.6 Å². The number of nitrogens with zero attached hydrogens (tertiary/aromatic N) is 1. The van der Waals surface area contributed by atoms with Gasteiger partial charge in [-0.25, -0.2) is 4.39 Å². The lowest BCUT2D eigenvalue weighted by Crippen LogP contribution is -2.33. The normalized spacial score (nSPS) is 18.6. The Morgan fingerprint density at radius 3 is 2.89 bits per heavy atom. The van der Waals surface area contributed by atoms with Crippen LogP contribution in [0.4, 0.5) is 4.39 Å². The van der Waals surface area contributed by atoms with Crippen LogP contribution in [0.25, 0.3) is 0 Å². The van der Waals surface area contributed by atoms with Gasteiger partial charge in [-0.15, -0.1) is 12.4 Å². The van der Waals surface area contributed by atoms with Gasteiger partial charge in [0.05, 0.1) is 10.6 Å². The lowest BCUT2D eigenvalue weighted by Gasteiger charge is -2.17. The van der Waals surface area contributed by atoms with Crippen molar-refractivity contribution in [3.05, 3.63) is 34.6 Å². The van der Waals surface area contributed by atoms with Crippen molar-refractivity contribution in [2.75, 3.05) is 20.1 Å². The minimum atomic E-state index is -0.554. The fourth-order valence-electron chi connectivity index (χ4n) is 2.02. The van der Waals surface area contributed by atoms with Crippen LogP contribution in [0.3, 0.4) is 0 Å². The van der Waals surface area contributed by atoms with E-state index >= 15 is 0 Å². The number of carbonyl (C=O) groups excluding carboxylic acids is 1. The van der Waals surface area contributed by atoms with Crippen LogP contribution in [-0.4, -0.2) is 37.0 Å². The molecular weight excluding hydrogens is 278 g/mol. The summed E-state index contributed by atoms with van der Waals surface area (Å²) < 4.78 is 13.3. The molecule has 1 atom stereocenters. The van der Waals surface area contributed by atoms with Crippen molar-refractivity contribution in [1.29, 1.82) is 0 Å². The Bertz CT molecular complexity index is 442. The highest BCUT2D eigenvalue weighted by molar-refractivity contribution is 6.34. The monoisotopic (exact) mass is 292 g/mol. The third-order valence-corrected chi connectivity index (χ3v) is 3.45. The van der Waals surface area contributed by atoms with Gasteiger partial charge in [0, 0.05) is 19.1 Å². The van der Waals surface area contributed by atoms with E-state index < -0.39 is 5.82 Å². The van der Waals surface area contributed by atoms with Gasteiger partial charge in [-0.05, 0) is 25.6 Å². The van der Waals surface area contributed by atoms with Crippen LogP contribution in [0.5, 0.6) is 0 Å². The Balaban J connectivity index is 0.00000162. The van der Waals surface area contributed by atoms with Crippen molar-refractivity contribution in [1.82, 2.24) is 10.2 Å². The van der Waals surface area contributed by atoms with Crippen LogP contribution in [0.2, 0.25) is 5.02 Å². The van der Waals surface area contributed by atoms with Crippen molar-refractivity contribution >= 4 is 29.9 Å². The largest absolute Gasteiger partial charge is 0.337 e. The Morgan fingerprint density at radius 1 is 1.56 bits per heavy atom. The molecule has 3 nitrogen and oxygen atoms in total. The fraction of sp³-hybridized carbons (Fsp3) is 0.417. The van der Waals surface area contributed by atoms with Crippen molar-refractivity contribution in [2.45, 2.75) is 12.5 Å². The summed E-state index contributed by atoms with van der Waals surface area (Å²) in [6, 6.07) is 4.62. The van der Waals surface area contributed by atoms with Crippen LogP contribution in [-0.2, 0) is 0 Å². The molecule has 2 rings (SSSR count). The zero-order valence-electron chi connectivity index (χ0n) is 9.95. The number of rotatable bonds is 2. The average molecular weight is 293 g/mol. The molecule has 1 aromatic rings. The van der Waals surface area contributed by atoms with Crippen LogP contribution in [0.15, 0.2) is 18.2 Å². The second-order valence-electron chi connectivity index (χ2n) is 4.13. The first-order valence-electron chi connectivity index (χ1n) is 5.54.